The first-order valence-electron chi connectivity index (χ1n) is 6.24. The molecule has 0 bridgehead atoms. The molecule has 20 heavy (non-hydrogen) atoms. The summed E-state index contributed by atoms with van der Waals surface area (Å²) in [6, 6.07) is 4.11. The summed E-state index contributed by atoms with van der Waals surface area (Å²) in [4.78, 5) is 12.1. The fourth-order valence-electron chi connectivity index (χ4n) is 2.90. The van der Waals surface area contributed by atoms with E-state index in [1.807, 2.05) is 0 Å². The molecule has 5 heteroatoms. The fraction of sp³-hybridized carbons (Fsp3) is 0.267. The van der Waals surface area contributed by atoms with Gasteiger partial charge in [0.1, 0.15) is 17.2 Å². The topological polar surface area (TPSA) is 98.0 Å². The van der Waals surface area contributed by atoms with Gasteiger partial charge in [-0.3, -0.25) is 4.79 Å². The van der Waals surface area contributed by atoms with Crippen molar-refractivity contribution in [1.29, 1.82) is 0 Å². The van der Waals surface area contributed by atoms with Crippen LogP contribution in [0.1, 0.15) is 29.3 Å². The molecule has 0 spiro atoms. The second-order valence-corrected chi connectivity index (χ2v) is 5.60. The van der Waals surface area contributed by atoms with Gasteiger partial charge in [0.05, 0.1) is 16.6 Å². The highest BCUT2D eigenvalue weighted by Gasteiger charge is 2.35. The quantitative estimate of drug-likeness (QED) is 0.587. The Morgan fingerprint density at radius 2 is 1.80 bits per heavy atom. The Morgan fingerprint density at radius 1 is 1.10 bits per heavy atom. The van der Waals surface area contributed by atoms with Crippen LogP contribution in [0.2, 0.25) is 0 Å². The van der Waals surface area contributed by atoms with Gasteiger partial charge in [0.15, 0.2) is 5.78 Å². The van der Waals surface area contributed by atoms with Crippen LogP contribution >= 0.6 is 0 Å². The Kier molecular flexibility index (Phi) is 2.46. The second-order valence-electron chi connectivity index (χ2n) is 5.60. The maximum Gasteiger partial charge on any atom is 0.169 e. The lowest BCUT2D eigenvalue weighted by Gasteiger charge is -2.29. The number of carbonyl (C=O) groups excluding carboxylic acids is 1. The van der Waals surface area contributed by atoms with Crippen LogP contribution in [0.15, 0.2) is 18.2 Å². The second kappa shape index (κ2) is 3.86. The lowest BCUT2D eigenvalue weighted by Crippen LogP contribution is -2.35. The van der Waals surface area contributed by atoms with Crippen LogP contribution in [0.4, 0.5) is 0 Å². The summed E-state index contributed by atoms with van der Waals surface area (Å²) in [5.41, 5.74) is -0.491. The number of rotatable bonds is 0. The molecule has 0 saturated carbocycles. The van der Waals surface area contributed by atoms with Crippen molar-refractivity contribution in [2.45, 2.75) is 25.4 Å². The van der Waals surface area contributed by atoms with Gasteiger partial charge in [-0.2, -0.15) is 0 Å². The SMILES string of the molecule is C[C@@]1(O)CC(=O)c2c(cc3cc(O)cc(O)c3c2O)C1. The smallest absolute Gasteiger partial charge is 0.169 e. The van der Waals surface area contributed by atoms with Crippen molar-refractivity contribution in [2.24, 2.45) is 0 Å². The molecule has 3 rings (SSSR count). The number of phenols is 3. The predicted octanol–water partition coefficient (Wildman–Crippen LogP) is 1.84. The number of hydrogen-bond donors (Lipinski definition) is 4. The number of fused-ring (bicyclic) bond motifs is 2. The van der Waals surface area contributed by atoms with Crippen molar-refractivity contribution >= 4 is 16.6 Å². The Bertz CT molecular complexity index is 746. The van der Waals surface area contributed by atoms with Crippen LogP contribution in [-0.2, 0) is 6.42 Å². The van der Waals surface area contributed by atoms with Gasteiger partial charge < -0.3 is 20.4 Å². The standard InChI is InChI=1S/C15H14O5/c1-15(20)5-8-2-7-3-9(16)4-10(17)12(7)14(19)13(8)11(18)6-15/h2-4,16-17,19-20H,5-6H2,1H3/t15-/m0/s1. The van der Waals surface area contributed by atoms with E-state index in [0.29, 0.717) is 10.9 Å². The molecule has 104 valence electrons. The molecule has 2 aromatic carbocycles. The van der Waals surface area contributed by atoms with E-state index < -0.39 is 5.60 Å². The van der Waals surface area contributed by atoms with Crippen LogP contribution in [0.3, 0.4) is 0 Å². The van der Waals surface area contributed by atoms with Crippen LogP contribution in [-0.4, -0.2) is 31.8 Å². The molecule has 4 N–H and O–H groups in total. The van der Waals surface area contributed by atoms with E-state index in [1.165, 1.54) is 6.07 Å². The number of Topliss-reactive ketones (excluding diaryl/α,β-unsaturated/α-hetero) is 1. The molecule has 1 atom stereocenters. The van der Waals surface area contributed by atoms with Gasteiger partial charge in [0, 0.05) is 18.9 Å². The third kappa shape index (κ3) is 1.78. The molecule has 0 fully saturated rings. The Labute approximate surface area is 114 Å². The number of aliphatic hydroxyl groups is 1. The van der Waals surface area contributed by atoms with Crippen LogP contribution in [0.25, 0.3) is 10.8 Å². The van der Waals surface area contributed by atoms with Crippen LogP contribution in [0, 0.1) is 0 Å². The van der Waals surface area contributed by atoms with Gasteiger partial charge >= 0.3 is 0 Å². The highest BCUT2D eigenvalue weighted by Crippen LogP contribution is 2.43. The summed E-state index contributed by atoms with van der Waals surface area (Å²) < 4.78 is 0. The maximum atomic E-state index is 12.1. The summed E-state index contributed by atoms with van der Waals surface area (Å²) in [7, 11) is 0. The summed E-state index contributed by atoms with van der Waals surface area (Å²) in [6.07, 6.45) is 0.159. The molecule has 0 unspecified atom stereocenters. The highest BCUT2D eigenvalue weighted by molar-refractivity contribution is 6.09. The summed E-state index contributed by atoms with van der Waals surface area (Å²) >= 11 is 0. The van der Waals surface area contributed by atoms with Crippen molar-refractivity contribution in [2.75, 3.05) is 0 Å². The summed E-state index contributed by atoms with van der Waals surface area (Å²) in [5.74, 6) is -1.08. The van der Waals surface area contributed by atoms with Crippen molar-refractivity contribution in [1.82, 2.24) is 0 Å². The Morgan fingerprint density at radius 3 is 2.50 bits per heavy atom. The zero-order valence-electron chi connectivity index (χ0n) is 10.8. The maximum absolute atomic E-state index is 12.1. The lowest BCUT2D eigenvalue weighted by atomic mass is 9.79. The molecule has 0 aromatic heterocycles. The minimum Gasteiger partial charge on any atom is -0.508 e. The Hall–Kier alpha value is -2.27. The molecule has 1 aliphatic carbocycles. The van der Waals surface area contributed by atoms with Crippen LogP contribution < -0.4 is 0 Å². The minimum absolute atomic E-state index is 0.0715. The molecule has 0 amide bonds. The largest absolute Gasteiger partial charge is 0.508 e. The van der Waals surface area contributed by atoms with Gasteiger partial charge in [0.25, 0.3) is 0 Å². The fourth-order valence-corrected chi connectivity index (χ4v) is 2.90. The Balaban J connectivity index is 2.38. The number of ketones is 1. The van der Waals surface area contributed by atoms with Crippen molar-refractivity contribution in [3.8, 4) is 17.2 Å². The lowest BCUT2D eigenvalue weighted by molar-refractivity contribution is 0.0409. The average Bonchev–Trinajstić information content (AvgIpc) is 2.24. The molecular formula is C15H14O5. The van der Waals surface area contributed by atoms with E-state index in [2.05, 4.69) is 0 Å². The van der Waals surface area contributed by atoms with Crippen molar-refractivity contribution in [3.05, 3.63) is 29.3 Å². The van der Waals surface area contributed by atoms with E-state index in [0.717, 1.165) is 6.07 Å². The number of carbonyl (C=O) groups is 1. The molecule has 0 heterocycles. The zero-order chi connectivity index (χ0) is 14.7. The molecule has 2 aromatic rings. The first-order valence-corrected chi connectivity index (χ1v) is 6.24. The normalized spacial score (nSPS) is 22.0. The van der Waals surface area contributed by atoms with Gasteiger partial charge in [0.2, 0.25) is 0 Å². The van der Waals surface area contributed by atoms with E-state index >= 15 is 0 Å². The van der Waals surface area contributed by atoms with Gasteiger partial charge in [-0.25, -0.2) is 0 Å². The van der Waals surface area contributed by atoms with Crippen molar-refractivity contribution < 1.29 is 25.2 Å². The van der Waals surface area contributed by atoms with Gasteiger partial charge in [-0.05, 0) is 30.0 Å². The summed E-state index contributed by atoms with van der Waals surface area (Å²) in [6.45, 7) is 1.56. The first kappa shape index (κ1) is 12.7. The van der Waals surface area contributed by atoms with Crippen molar-refractivity contribution in [3.63, 3.8) is 0 Å². The number of hydrogen-bond acceptors (Lipinski definition) is 5. The minimum atomic E-state index is -1.15. The summed E-state index contributed by atoms with van der Waals surface area (Å²) in [5, 5.41) is 40.2. The van der Waals surface area contributed by atoms with E-state index in [-0.39, 0.29) is 46.8 Å². The van der Waals surface area contributed by atoms with E-state index in [9.17, 15) is 25.2 Å². The molecule has 5 nitrogen and oxygen atoms in total. The van der Waals surface area contributed by atoms with Gasteiger partial charge in [-0.15, -0.1) is 0 Å². The third-order valence-corrected chi connectivity index (χ3v) is 3.65. The molecule has 1 aliphatic rings. The highest BCUT2D eigenvalue weighted by atomic mass is 16.3. The van der Waals surface area contributed by atoms with E-state index in [1.54, 1.807) is 13.0 Å². The first-order chi connectivity index (χ1) is 9.28. The monoisotopic (exact) mass is 274 g/mol. The average molecular weight is 274 g/mol. The molecular weight excluding hydrogens is 260 g/mol. The van der Waals surface area contributed by atoms with Gasteiger partial charge in [-0.1, -0.05) is 0 Å². The predicted molar refractivity (Wildman–Crippen MR) is 72.2 cm³/mol. The number of benzene rings is 2. The molecule has 0 radical (unpaired) electrons. The zero-order valence-corrected chi connectivity index (χ0v) is 10.8. The third-order valence-electron chi connectivity index (χ3n) is 3.65. The van der Waals surface area contributed by atoms with Crippen LogP contribution in [0.5, 0.6) is 17.2 Å². The molecule has 0 aliphatic heterocycles. The number of phenolic OH excluding ortho intramolecular Hbond substituents is 3. The molecule has 0 saturated heterocycles. The van der Waals surface area contributed by atoms with E-state index in [4.69, 9.17) is 0 Å². The number of aromatic hydroxyl groups is 3.